The van der Waals surface area contributed by atoms with E-state index in [0.29, 0.717) is 6.42 Å². The van der Waals surface area contributed by atoms with Gasteiger partial charge in [-0.05, 0) is 12.8 Å². The van der Waals surface area contributed by atoms with Gasteiger partial charge in [-0.15, -0.1) is 0 Å². The van der Waals surface area contributed by atoms with Gasteiger partial charge in [-0.2, -0.15) is 0 Å². The van der Waals surface area contributed by atoms with E-state index in [-0.39, 0.29) is 11.2 Å². The van der Waals surface area contributed by atoms with Crippen molar-refractivity contribution < 1.29 is 4.79 Å². The molecule has 0 aromatic heterocycles. The summed E-state index contributed by atoms with van der Waals surface area (Å²) in [6.07, 6.45) is 6.29. The summed E-state index contributed by atoms with van der Waals surface area (Å²) < 4.78 is -1.05. The summed E-state index contributed by atoms with van der Waals surface area (Å²) in [5.41, 5.74) is -0.0502. The number of hydrogen-bond donors (Lipinski definition) is 0. The third kappa shape index (κ3) is 0.958. The maximum absolute atomic E-state index is 11.2. The third-order valence-electron chi connectivity index (χ3n) is 3.33. The fraction of sp³-hybridized carbons (Fsp3) is 0.889. The van der Waals surface area contributed by atoms with Gasteiger partial charge < -0.3 is 0 Å². The van der Waals surface area contributed by atoms with E-state index in [1.165, 1.54) is 19.3 Å². The van der Waals surface area contributed by atoms with Crippen LogP contribution in [0.1, 0.15) is 38.5 Å². The van der Waals surface area contributed by atoms with E-state index in [1.54, 1.807) is 0 Å². The molecule has 2 fully saturated rings. The molecule has 0 aliphatic heterocycles. The Balaban J connectivity index is 2.17. The number of carbonyl (C=O) groups is 1. The SMILES string of the molecule is O=C1CC2(CCCCC2)C1(Cl)Cl. The van der Waals surface area contributed by atoms with Crippen LogP contribution in [0.3, 0.4) is 0 Å². The average Bonchev–Trinajstić information content (AvgIpc) is 2.06. The molecule has 12 heavy (non-hydrogen) atoms. The molecule has 2 saturated carbocycles. The van der Waals surface area contributed by atoms with E-state index in [0.717, 1.165) is 12.8 Å². The molecule has 0 saturated heterocycles. The number of alkyl halides is 2. The molecule has 0 heterocycles. The molecule has 2 aliphatic carbocycles. The Hall–Kier alpha value is 0.250. The highest BCUT2D eigenvalue weighted by Crippen LogP contribution is 2.61. The van der Waals surface area contributed by atoms with Gasteiger partial charge in [-0.3, -0.25) is 4.79 Å². The van der Waals surface area contributed by atoms with Crippen LogP contribution in [0, 0.1) is 5.41 Å². The zero-order valence-electron chi connectivity index (χ0n) is 6.91. The van der Waals surface area contributed by atoms with Crippen LogP contribution in [0.25, 0.3) is 0 Å². The average molecular weight is 207 g/mol. The van der Waals surface area contributed by atoms with Crippen molar-refractivity contribution in [2.45, 2.75) is 42.9 Å². The lowest BCUT2D eigenvalue weighted by Crippen LogP contribution is -2.58. The van der Waals surface area contributed by atoms with E-state index in [2.05, 4.69) is 0 Å². The lowest BCUT2D eigenvalue weighted by atomic mass is 9.59. The maximum Gasteiger partial charge on any atom is 0.181 e. The van der Waals surface area contributed by atoms with Gasteiger partial charge in [0.05, 0.1) is 0 Å². The van der Waals surface area contributed by atoms with E-state index in [4.69, 9.17) is 23.2 Å². The van der Waals surface area contributed by atoms with Crippen LogP contribution < -0.4 is 0 Å². The number of rotatable bonds is 0. The molecular weight excluding hydrogens is 195 g/mol. The molecule has 0 radical (unpaired) electrons. The van der Waals surface area contributed by atoms with Crippen LogP contribution in [-0.2, 0) is 4.79 Å². The minimum absolute atomic E-state index is 0.0210. The topological polar surface area (TPSA) is 17.1 Å². The smallest absolute Gasteiger partial charge is 0.181 e. The van der Waals surface area contributed by atoms with Crippen LogP contribution >= 0.6 is 23.2 Å². The highest BCUT2D eigenvalue weighted by atomic mass is 35.5. The van der Waals surface area contributed by atoms with Crippen molar-refractivity contribution in [3.8, 4) is 0 Å². The summed E-state index contributed by atoms with van der Waals surface area (Å²) in [6, 6.07) is 0. The third-order valence-corrected chi connectivity index (χ3v) is 4.55. The molecule has 0 N–H and O–H groups in total. The maximum atomic E-state index is 11.2. The first-order valence-electron chi connectivity index (χ1n) is 4.50. The summed E-state index contributed by atoms with van der Waals surface area (Å²) in [6.45, 7) is 0. The van der Waals surface area contributed by atoms with Crippen LogP contribution in [0.15, 0.2) is 0 Å². The second kappa shape index (κ2) is 2.62. The lowest BCUT2D eigenvalue weighted by Gasteiger charge is -2.52. The summed E-state index contributed by atoms with van der Waals surface area (Å²) in [7, 11) is 0. The van der Waals surface area contributed by atoms with E-state index in [1.807, 2.05) is 0 Å². The largest absolute Gasteiger partial charge is 0.296 e. The highest BCUT2D eigenvalue weighted by molar-refractivity contribution is 6.61. The van der Waals surface area contributed by atoms with Crippen molar-refractivity contribution >= 4 is 29.0 Å². The van der Waals surface area contributed by atoms with E-state index < -0.39 is 4.33 Å². The summed E-state index contributed by atoms with van der Waals surface area (Å²) >= 11 is 12.0. The Kier molecular flexibility index (Phi) is 1.93. The predicted molar refractivity (Wildman–Crippen MR) is 49.6 cm³/mol. The molecule has 2 rings (SSSR count). The molecule has 0 amide bonds. The van der Waals surface area contributed by atoms with Gasteiger partial charge in [0.15, 0.2) is 10.1 Å². The van der Waals surface area contributed by atoms with Crippen molar-refractivity contribution in [1.82, 2.24) is 0 Å². The Morgan fingerprint density at radius 1 is 1.08 bits per heavy atom. The standard InChI is InChI=1S/C9H12Cl2O/c10-9(11)7(12)6-8(9)4-2-1-3-5-8/h1-6H2. The first-order valence-corrected chi connectivity index (χ1v) is 5.25. The van der Waals surface area contributed by atoms with Crippen molar-refractivity contribution in [3.63, 3.8) is 0 Å². The van der Waals surface area contributed by atoms with Crippen LogP contribution in [-0.4, -0.2) is 10.1 Å². The van der Waals surface area contributed by atoms with Gasteiger partial charge in [0.2, 0.25) is 0 Å². The second-order valence-electron chi connectivity index (χ2n) is 4.02. The normalized spacial score (nSPS) is 31.7. The lowest BCUT2D eigenvalue weighted by molar-refractivity contribution is -0.136. The molecule has 0 aromatic carbocycles. The number of halogens is 2. The number of ketones is 1. The fourth-order valence-corrected chi connectivity index (χ4v) is 3.08. The monoisotopic (exact) mass is 206 g/mol. The number of hydrogen-bond acceptors (Lipinski definition) is 1. The zero-order chi connectivity index (χ0) is 8.82. The van der Waals surface area contributed by atoms with Gasteiger partial charge >= 0.3 is 0 Å². The quantitative estimate of drug-likeness (QED) is 0.558. The predicted octanol–water partition coefficient (Wildman–Crippen LogP) is 3.08. The Bertz CT molecular complexity index is 217. The molecular formula is C9H12Cl2O. The van der Waals surface area contributed by atoms with Crippen LogP contribution in [0.5, 0.6) is 0 Å². The minimum atomic E-state index is -1.05. The molecule has 1 spiro atoms. The van der Waals surface area contributed by atoms with E-state index in [9.17, 15) is 4.79 Å². The van der Waals surface area contributed by atoms with Crippen molar-refractivity contribution in [2.24, 2.45) is 5.41 Å². The fourth-order valence-electron chi connectivity index (χ4n) is 2.44. The molecule has 0 atom stereocenters. The molecule has 68 valence electrons. The number of carbonyl (C=O) groups excluding carboxylic acids is 1. The van der Waals surface area contributed by atoms with Gasteiger partial charge in [0.1, 0.15) is 0 Å². The molecule has 0 aromatic rings. The van der Waals surface area contributed by atoms with Crippen molar-refractivity contribution in [1.29, 1.82) is 0 Å². The second-order valence-corrected chi connectivity index (χ2v) is 5.34. The molecule has 2 aliphatic rings. The van der Waals surface area contributed by atoms with Gasteiger partial charge in [-0.25, -0.2) is 0 Å². The first kappa shape index (κ1) is 8.83. The zero-order valence-corrected chi connectivity index (χ0v) is 8.42. The van der Waals surface area contributed by atoms with Gasteiger partial charge in [0.25, 0.3) is 0 Å². The molecule has 3 heteroatoms. The number of Topliss-reactive ketones (excluding diaryl/α,β-unsaturated/α-hetero) is 1. The highest BCUT2D eigenvalue weighted by Gasteiger charge is 2.63. The molecule has 0 bridgehead atoms. The Morgan fingerprint density at radius 3 is 2.08 bits per heavy atom. The first-order chi connectivity index (χ1) is 5.58. The van der Waals surface area contributed by atoms with Crippen molar-refractivity contribution in [3.05, 3.63) is 0 Å². The van der Waals surface area contributed by atoms with E-state index >= 15 is 0 Å². The summed E-state index contributed by atoms with van der Waals surface area (Å²) in [5, 5.41) is 0. The van der Waals surface area contributed by atoms with Crippen LogP contribution in [0.4, 0.5) is 0 Å². The minimum Gasteiger partial charge on any atom is -0.296 e. The Labute approximate surface area is 82.4 Å². The van der Waals surface area contributed by atoms with Crippen molar-refractivity contribution in [2.75, 3.05) is 0 Å². The van der Waals surface area contributed by atoms with Crippen LogP contribution in [0.2, 0.25) is 0 Å². The summed E-state index contributed by atoms with van der Waals surface area (Å²) in [4.78, 5) is 11.2. The Morgan fingerprint density at radius 2 is 1.67 bits per heavy atom. The molecule has 0 unspecified atom stereocenters. The summed E-state index contributed by atoms with van der Waals surface area (Å²) in [5.74, 6) is 0.0210. The van der Waals surface area contributed by atoms with Gasteiger partial charge in [-0.1, -0.05) is 42.5 Å². The van der Waals surface area contributed by atoms with Gasteiger partial charge in [0, 0.05) is 11.8 Å². The molecule has 1 nitrogen and oxygen atoms in total.